The molecule has 1 N–H and O–H groups in total. The zero-order chi connectivity index (χ0) is 25.8. The molecule has 6 nitrogen and oxygen atoms in total. The molecule has 3 unspecified atom stereocenters. The molecule has 1 fully saturated rings. The number of halogens is 1. The minimum absolute atomic E-state index is 0.130. The van der Waals surface area contributed by atoms with Crippen LogP contribution < -0.4 is 4.74 Å². The number of ether oxygens (including phenoxy) is 1. The number of carbonyl (C=O) groups excluding carboxylic acids is 1. The summed E-state index contributed by atoms with van der Waals surface area (Å²) in [5.41, 5.74) is 3.59. The Morgan fingerprint density at radius 2 is 1.86 bits per heavy atom. The van der Waals surface area contributed by atoms with Gasteiger partial charge in [-0.05, 0) is 43.0 Å². The molecule has 36 heavy (non-hydrogen) atoms. The highest BCUT2D eigenvalue weighted by molar-refractivity contribution is 7.40. The third-order valence-corrected chi connectivity index (χ3v) is 7.87. The summed E-state index contributed by atoms with van der Waals surface area (Å²) < 4.78 is 36.6. The fraction of sp³-hybridized carbons (Fsp3) is 0.286. The molecular weight excluding hydrogens is 480 g/mol. The standard InChI is InChI=1S/C28H29FNO5P/c1-4-23(36(33)34-3)22(31)16-24(32)35-28-25(18-12-14-21(29)15-13-18)17(2)26(19-8-6-5-7-9-19)30-27(28)20-10-11-20/h4-9,12-15,20,22-23,31,36H,1,10-11,16H2,2-3H3. The van der Waals surface area contributed by atoms with Crippen LogP contribution in [0.1, 0.15) is 36.4 Å². The number of hydrogen-bond donors (Lipinski definition) is 1. The molecule has 1 aromatic heterocycles. The number of nitrogens with zero attached hydrogens (tertiary/aromatic N) is 1. The predicted molar refractivity (Wildman–Crippen MR) is 138 cm³/mol. The summed E-state index contributed by atoms with van der Waals surface area (Å²) >= 11 is 0. The van der Waals surface area contributed by atoms with Crippen LogP contribution in [-0.4, -0.2) is 34.9 Å². The second-order valence-corrected chi connectivity index (χ2v) is 10.6. The second-order valence-electron chi connectivity index (χ2n) is 8.85. The normalized spacial score (nSPS) is 15.7. The van der Waals surface area contributed by atoms with E-state index < -0.39 is 32.2 Å². The van der Waals surface area contributed by atoms with Crippen LogP contribution in [0.4, 0.5) is 4.39 Å². The van der Waals surface area contributed by atoms with Crippen molar-refractivity contribution in [2.24, 2.45) is 0 Å². The highest BCUT2D eigenvalue weighted by Crippen LogP contribution is 2.49. The fourth-order valence-electron chi connectivity index (χ4n) is 4.25. The molecule has 2 aromatic carbocycles. The zero-order valence-corrected chi connectivity index (χ0v) is 21.2. The van der Waals surface area contributed by atoms with Gasteiger partial charge in [-0.1, -0.05) is 48.5 Å². The van der Waals surface area contributed by atoms with Crippen molar-refractivity contribution in [2.45, 2.75) is 43.9 Å². The molecule has 4 rings (SSSR count). The summed E-state index contributed by atoms with van der Waals surface area (Å²) in [4.78, 5) is 18.0. The van der Waals surface area contributed by atoms with Crippen LogP contribution in [0.25, 0.3) is 22.4 Å². The maximum absolute atomic E-state index is 13.8. The first-order chi connectivity index (χ1) is 17.3. The van der Waals surface area contributed by atoms with Gasteiger partial charge in [0.15, 0.2) is 5.75 Å². The summed E-state index contributed by atoms with van der Waals surface area (Å²) in [6.07, 6.45) is 1.46. The summed E-state index contributed by atoms with van der Waals surface area (Å²) in [5, 5.41) is 10.5. The van der Waals surface area contributed by atoms with Crippen LogP contribution in [0, 0.1) is 12.7 Å². The lowest BCUT2D eigenvalue weighted by Gasteiger charge is -2.21. The molecule has 1 heterocycles. The van der Waals surface area contributed by atoms with Crippen LogP contribution >= 0.6 is 8.03 Å². The van der Waals surface area contributed by atoms with Crippen molar-refractivity contribution < 1.29 is 28.1 Å². The van der Waals surface area contributed by atoms with Crippen LogP contribution in [0.2, 0.25) is 0 Å². The molecule has 188 valence electrons. The van der Waals surface area contributed by atoms with Crippen molar-refractivity contribution in [3.63, 3.8) is 0 Å². The molecule has 0 saturated heterocycles. The SMILES string of the molecule is C=CC(C(O)CC(=O)Oc1c(C2CC2)nc(-c2ccccc2)c(C)c1-c1ccc(F)cc1)[PH](=O)OC. The number of pyridine rings is 1. The van der Waals surface area contributed by atoms with Gasteiger partial charge in [0.25, 0.3) is 0 Å². The van der Waals surface area contributed by atoms with Crippen LogP contribution in [0.15, 0.2) is 67.3 Å². The maximum atomic E-state index is 13.8. The highest BCUT2D eigenvalue weighted by atomic mass is 31.1. The zero-order valence-electron chi connectivity index (χ0n) is 20.2. The topological polar surface area (TPSA) is 85.7 Å². The molecular formula is C28H29FNO5P. The fourth-order valence-corrected chi connectivity index (χ4v) is 5.15. The van der Waals surface area contributed by atoms with Gasteiger partial charge in [0.2, 0.25) is 8.03 Å². The first kappa shape index (κ1) is 26.0. The Labute approximate surface area is 210 Å². The lowest BCUT2D eigenvalue weighted by Crippen LogP contribution is -2.27. The number of esters is 1. The molecule has 3 atom stereocenters. The van der Waals surface area contributed by atoms with Gasteiger partial charge in [-0.3, -0.25) is 9.36 Å². The van der Waals surface area contributed by atoms with Gasteiger partial charge >= 0.3 is 5.97 Å². The number of aliphatic hydroxyl groups is 1. The number of rotatable bonds is 10. The van der Waals surface area contributed by atoms with Crippen molar-refractivity contribution in [3.8, 4) is 28.1 Å². The van der Waals surface area contributed by atoms with E-state index in [0.717, 1.165) is 29.7 Å². The van der Waals surface area contributed by atoms with E-state index in [-0.39, 0.29) is 11.7 Å². The second kappa shape index (κ2) is 11.3. The summed E-state index contributed by atoms with van der Waals surface area (Å²) in [7, 11) is -1.34. The largest absolute Gasteiger partial charge is 0.424 e. The quantitative estimate of drug-likeness (QED) is 0.203. The average Bonchev–Trinajstić information content (AvgIpc) is 3.71. The third-order valence-electron chi connectivity index (χ3n) is 6.30. The molecule has 0 radical (unpaired) electrons. The summed E-state index contributed by atoms with van der Waals surface area (Å²) in [6.45, 7) is 5.49. The van der Waals surface area contributed by atoms with Gasteiger partial charge in [-0.2, -0.15) is 0 Å². The maximum Gasteiger partial charge on any atom is 0.313 e. The van der Waals surface area contributed by atoms with E-state index in [2.05, 4.69) is 6.58 Å². The van der Waals surface area contributed by atoms with Crippen LogP contribution in [-0.2, 0) is 13.9 Å². The van der Waals surface area contributed by atoms with Crippen molar-refractivity contribution in [1.82, 2.24) is 4.98 Å². The lowest BCUT2D eigenvalue weighted by atomic mass is 9.94. The minimum Gasteiger partial charge on any atom is -0.424 e. The van der Waals surface area contributed by atoms with Crippen molar-refractivity contribution in [2.75, 3.05) is 7.11 Å². The summed E-state index contributed by atoms with van der Waals surface area (Å²) in [5.74, 6) is -0.625. The molecule has 0 spiro atoms. The van der Waals surface area contributed by atoms with Gasteiger partial charge in [-0.15, -0.1) is 6.58 Å². The van der Waals surface area contributed by atoms with Crippen LogP contribution in [0.3, 0.4) is 0 Å². The van der Waals surface area contributed by atoms with E-state index in [9.17, 15) is 18.9 Å². The monoisotopic (exact) mass is 509 g/mol. The molecule has 0 amide bonds. The van der Waals surface area contributed by atoms with Gasteiger partial charge in [0.1, 0.15) is 5.82 Å². The smallest absolute Gasteiger partial charge is 0.313 e. The van der Waals surface area contributed by atoms with E-state index in [0.29, 0.717) is 22.6 Å². The average molecular weight is 510 g/mol. The van der Waals surface area contributed by atoms with Gasteiger partial charge in [-0.25, -0.2) is 9.37 Å². The van der Waals surface area contributed by atoms with E-state index >= 15 is 0 Å². The van der Waals surface area contributed by atoms with E-state index in [1.807, 2.05) is 37.3 Å². The van der Waals surface area contributed by atoms with Gasteiger partial charge in [0.05, 0.1) is 29.6 Å². The number of aliphatic hydroxyl groups excluding tert-OH is 1. The van der Waals surface area contributed by atoms with Gasteiger partial charge < -0.3 is 14.4 Å². The van der Waals surface area contributed by atoms with Crippen LogP contribution in [0.5, 0.6) is 5.75 Å². The van der Waals surface area contributed by atoms with Crippen molar-refractivity contribution in [1.29, 1.82) is 0 Å². The Kier molecular flexibility index (Phi) is 8.14. The Hall–Kier alpha value is -3.12. The number of hydrogen-bond acceptors (Lipinski definition) is 6. The van der Waals surface area contributed by atoms with Crippen molar-refractivity contribution in [3.05, 3.63) is 84.3 Å². The molecule has 0 aliphatic heterocycles. The Balaban J connectivity index is 1.79. The predicted octanol–water partition coefficient (Wildman–Crippen LogP) is 6.07. The molecule has 8 heteroatoms. The molecule has 0 bridgehead atoms. The molecule has 1 saturated carbocycles. The molecule has 1 aliphatic carbocycles. The Morgan fingerprint density at radius 1 is 1.19 bits per heavy atom. The number of benzene rings is 2. The van der Waals surface area contributed by atoms with E-state index in [1.54, 1.807) is 12.1 Å². The van der Waals surface area contributed by atoms with E-state index in [1.165, 1.54) is 25.3 Å². The third kappa shape index (κ3) is 5.65. The first-order valence-electron chi connectivity index (χ1n) is 11.8. The first-order valence-corrected chi connectivity index (χ1v) is 13.2. The van der Waals surface area contributed by atoms with Crippen molar-refractivity contribution >= 4 is 14.0 Å². The molecule has 1 aliphatic rings. The lowest BCUT2D eigenvalue weighted by molar-refractivity contribution is -0.136. The number of carbonyl (C=O) groups is 1. The Bertz CT molecular complexity index is 1280. The summed E-state index contributed by atoms with van der Waals surface area (Å²) in [6, 6.07) is 15.7. The minimum atomic E-state index is -2.62. The number of aromatic nitrogens is 1. The molecule has 3 aromatic rings. The van der Waals surface area contributed by atoms with E-state index in [4.69, 9.17) is 14.2 Å². The Morgan fingerprint density at radius 3 is 2.44 bits per heavy atom. The highest BCUT2D eigenvalue weighted by Gasteiger charge is 2.34. The van der Waals surface area contributed by atoms with Gasteiger partial charge in [0, 0.05) is 24.2 Å².